The highest BCUT2D eigenvalue weighted by Crippen LogP contribution is 2.31. The maximum Gasteiger partial charge on any atom is 0.471 e. The standard InChI is InChI=1S/C18H11F5N4O5/c1-30-15(28)10-2-8(5-24-6-10)7-31-17(29)25-13-11(19)3-9(4-12(13)20)14-26-16(32-27-14)18(21,22)23/h2-6H,7H2,1H3,(H,25,29). The molecule has 168 valence electrons. The van der Waals surface area contributed by atoms with Gasteiger partial charge in [0, 0.05) is 23.5 Å². The van der Waals surface area contributed by atoms with Gasteiger partial charge < -0.3 is 14.0 Å². The number of ether oxygens (including phenoxy) is 2. The van der Waals surface area contributed by atoms with Gasteiger partial charge in [0.2, 0.25) is 5.82 Å². The van der Waals surface area contributed by atoms with Crippen LogP contribution in [0.1, 0.15) is 21.8 Å². The summed E-state index contributed by atoms with van der Waals surface area (Å²) in [5.74, 6) is -5.72. The summed E-state index contributed by atoms with van der Waals surface area (Å²) in [6.45, 7) is -0.395. The molecule has 0 radical (unpaired) electrons. The third-order valence-corrected chi connectivity index (χ3v) is 3.78. The number of methoxy groups -OCH3 is 1. The van der Waals surface area contributed by atoms with Gasteiger partial charge in [-0.05, 0) is 18.2 Å². The van der Waals surface area contributed by atoms with E-state index >= 15 is 0 Å². The van der Waals surface area contributed by atoms with Crippen LogP contribution in [0.4, 0.5) is 32.4 Å². The van der Waals surface area contributed by atoms with Gasteiger partial charge in [0.1, 0.15) is 12.3 Å². The molecular weight excluding hydrogens is 447 g/mol. The summed E-state index contributed by atoms with van der Waals surface area (Å²) in [4.78, 5) is 30.2. The Balaban J connectivity index is 1.69. The zero-order valence-corrected chi connectivity index (χ0v) is 15.9. The molecule has 9 nitrogen and oxygen atoms in total. The molecule has 1 aromatic carbocycles. The van der Waals surface area contributed by atoms with E-state index in [1.165, 1.54) is 25.6 Å². The third-order valence-electron chi connectivity index (χ3n) is 3.78. The van der Waals surface area contributed by atoms with E-state index in [2.05, 4.69) is 24.4 Å². The first-order valence-electron chi connectivity index (χ1n) is 8.45. The number of esters is 1. The van der Waals surface area contributed by atoms with Crippen LogP contribution in [0.5, 0.6) is 0 Å². The van der Waals surface area contributed by atoms with Crippen LogP contribution in [0, 0.1) is 11.6 Å². The Hall–Kier alpha value is -4.10. The van der Waals surface area contributed by atoms with Crippen molar-refractivity contribution in [2.75, 3.05) is 12.4 Å². The van der Waals surface area contributed by atoms with Crippen LogP contribution < -0.4 is 5.32 Å². The fourth-order valence-corrected chi connectivity index (χ4v) is 2.36. The van der Waals surface area contributed by atoms with Gasteiger partial charge in [0.15, 0.2) is 11.6 Å². The third kappa shape index (κ3) is 5.14. The number of carbonyl (C=O) groups is 2. The topological polar surface area (TPSA) is 116 Å². The Labute approximate surface area is 175 Å². The minimum atomic E-state index is -4.93. The van der Waals surface area contributed by atoms with Crippen molar-refractivity contribution in [1.82, 2.24) is 15.1 Å². The normalized spacial score (nSPS) is 11.2. The number of pyridine rings is 1. The van der Waals surface area contributed by atoms with Crippen LogP contribution in [0.15, 0.2) is 35.1 Å². The number of hydrogen-bond acceptors (Lipinski definition) is 8. The van der Waals surface area contributed by atoms with E-state index in [9.17, 15) is 31.5 Å². The number of amides is 1. The number of carbonyl (C=O) groups excluding carboxylic acids is 2. The largest absolute Gasteiger partial charge is 0.471 e. The molecule has 3 aromatic rings. The van der Waals surface area contributed by atoms with Crippen molar-refractivity contribution < 1.29 is 45.5 Å². The highest BCUT2D eigenvalue weighted by atomic mass is 19.4. The number of alkyl halides is 3. The van der Waals surface area contributed by atoms with Gasteiger partial charge in [0.25, 0.3) is 0 Å². The van der Waals surface area contributed by atoms with Crippen LogP contribution in [0.25, 0.3) is 11.4 Å². The van der Waals surface area contributed by atoms with Crippen molar-refractivity contribution in [2.24, 2.45) is 0 Å². The monoisotopic (exact) mass is 458 g/mol. The minimum absolute atomic E-state index is 0.0943. The fourth-order valence-electron chi connectivity index (χ4n) is 2.36. The van der Waals surface area contributed by atoms with Crippen LogP contribution in [-0.2, 0) is 22.3 Å². The maximum atomic E-state index is 14.3. The Morgan fingerprint density at radius 3 is 2.41 bits per heavy atom. The summed E-state index contributed by atoms with van der Waals surface area (Å²) >= 11 is 0. The second-order valence-corrected chi connectivity index (χ2v) is 6.01. The highest BCUT2D eigenvalue weighted by Gasteiger charge is 2.38. The minimum Gasteiger partial charge on any atom is -0.465 e. The Bertz CT molecular complexity index is 1140. The quantitative estimate of drug-likeness (QED) is 0.451. The van der Waals surface area contributed by atoms with Gasteiger partial charge in [-0.25, -0.2) is 18.4 Å². The van der Waals surface area contributed by atoms with E-state index in [-0.39, 0.29) is 11.1 Å². The number of rotatable bonds is 5. The molecule has 0 aliphatic carbocycles. The average Bonchev–Trinajstić information content (AvgIpc) is 3.25. The molecule has 1 N–H and O–H groups in total. The molecular formula is C18H11F5N4O5. The summed E-state index contributed by atoms with van der Waals surface area (Å²) in [6.07, 6.45) is -3.67. The molecule has 32 heavy (non-hydrogen) atoms. The second-order valence-electron chi connectivity index (χ2n) is 6.01. The predicted molar refractivity (Wildman–Crippen MR) is 94.0 cm³/mol. The second kappa shape index (κ2) is 8.95. The van der Waals surface area contributed by atoms with Gasteiger partial charge >= 0.3 is 24.1 Å². The molecule has 0 saturated heterocycles. The van der Waals surface area contributed by atoms with Crippen LogP contribution in [0.3, 0.4) is 0 Å². The van der Waals surface area contributed by atoms with E-state index in [4.69, 9.17) is 4.74 Å². The molecule has 0 saturated carbocycles. The summed E-state index contributed by atoms with van der Waals surface area (Å²) < 4.78 is 79.5. The molecule has 0 bridgehead atoms. The smallest absolute Gasteiger partial charge is 0.465 e. The Kier molecular flexibility index (Phi) is 6.32. The number of nitrogens with one attached hydrogen (secondary N) is 1. The number of nitrogens with zero attached hydrogens (tertiary/aromatic N) is 3. The lowest BCUT2D eigenvalue weighted by Crippen LogP contribution is -2.16. The van der Waals surface area contributed by atoms with E-state index in [0.29, 0.717) is 12.1 Å². The lowest BCUT2D eigenvalue weighted by atomic mass is 10.1. The number of hydrogen-bond donors (Lipinski definition) is 1. The Morgan fingerprint density at radius 1 is 1.12 bits per heavy atom. The van der Waals surface area contributed by atoms with Crippen LogP contribution in [-0.4, -0.2) is 34.3 Å². The van der Waals surface area contributed by atoms with Crippen molar-refractivity contribution in [2.45, 2.75) is 12.8 Å². The number of anilines is 1. The summed E-state index contributed by atoms with van der Waals surface area (Å²) in [5, 5.41) is 4.86. The van der Waals surface area contributed by atoms with E-state index in [0.717, 1.165) is 0 Å². The van der Waals surface area contributed by atoms with Crippen molar-refractivity contribution in [1.29, 1.82) is 0 Å². The van der Waals surface area contributed by atoms with Crippen LogP contribution >= 0.6 is 0 Å². The molecule has 0 atom stereocenters. The molecule has 2 aromatic heterocycles. The SMILES string of the molecule is COC(=O)c1cncc(COC(=O)Nc2c(F)cc(-c3noc(C(F)(F)F)n3)cc2F)c1. The Morgan fingerprint density at radius 2 is 1.81 bits per heavy atom. The van der Waals surface area contributed by atoms with Crippen molar-refractivity contribution in [3.63, 3.8) is 0 Å². The zero-order valence-electron chi connectivity index (χ0n) is 15.9. The molecule has 0 spiro atoms. The molecule has 0 fully saturated rings. The molecule has 0 unspecified atom stereocenters. The first-order valence-corrected chi connectivity index (χ1v) is 8.45. The lowest BCUT2D eigenvalue weighted by Gasteiger charge is -2.10. The molecule has 2 heterocycles. The van der Waals surface area contributed by atoms with Crippen molar-refractivity contribution in [3.8, 4) is 11.4 Å². The average molecular weight is 458 g/mol. The highest BCUT2D eigenvalue weighted by molar-refractivity contribution is 5.89. The molecule has 1 amide bonds. The van der Waals surface area contributed by atoms with Gasteiger partial charge in [-0.3, -0.25) is 10.3 Å². The van der Waals surface area contributed by atoms with Gasteiger partial charge in [-0.15, -0.1) is 0 Å². The van der Waals surface area contributed by atoms with Crippen molar-refractivity contribution in [3.05, 3.63) is 59.2 Å². The van der Waals surface area contributed by atoms with E-state index in [1.54, 1.807) is 0 Å². The molecule has 0 aliphatic heterocycles. The predicted octanol–water partition coefficient (Wildman–Crippen LogP) is 3.96. The van der Waals surface area contributed by atoms with E-state index < -0.39 is 59.4 Å². The number of benzene rings is 1. The summed E-state index contributed by atoms with van der Waals surface area (Å²) in [7, 11) is 1.17. The van der Waals surface area contributed by atoms with Crippen LogP contribution in [0.2, 0.25) is 0 Å². The first-order chi connectivity index (χ1) is 15.1. The van der Waals surface area contributed by atoms with Gasteiger partial charge in [0.05, 0.1) is 12.7 Å². The van der Waals surface area contributed by atoms with E-state index in [1.807, 2.05) is 5.32 Å². The summed E-state index contributed by atoms with van der Waals surface area (Å²) in [5.41, 5.74) is -0.989. The molecule has 0 aliphatic rings. The molecule has 14 heteroatoms. The molecule has 3 rings (SSSR count). The lowest BCUT2D eigenvalue weighted by molar-refractivity contribution is -0.159. The van der Waals surface area contributed by atoms with Gasteiger partial charge in [-0.1, -0.05) is 5.16 Å². The van der Waals surface area contributed by atoms with Gasteiger partial charge in [-0.2, -0.15) is 18.2 Å². The first kappa shape index (κ1) is 22.6. The van der Waals surface area contributed by atoms with Crippen molar-refractivity contribution >= 4 is 17.7 Å². The zero-order chi connectivity index (χ0) is 23.5. The number of aromatic nitrogens is 3. The number of halogens is 5. The maximum absolute atomic E-state index is 14.3. The fraction of sp³-hybridized carbons (Fsp3) is 0.167. The summed E-state index contributed by atoms with van der Waals surface area (Å²) in [6, 6.07) is 2.54.